The van der Waals surface area contributed by atoms with Crippen molar-refractivity contribution in [3.05, 3.63) is 60.2 Å². The maximum absolute atomic E-state index is 11.9. The van der Waals surface area contributed by atoms with E-state index in [4.69, 9.17) is 0 Å². The zero-order valence-electron chi connectivity index (χ0n) is 9.82. The first-order valence-electron chi connectivity index (χ1n) is 5.38. The summed E-state index contributed by atoms with van der Waals surface area (Å²) in [6.45, 7) is 1.89. The average Bonchev–Trinajstić information content (AvgIpc) is 2.38. The molecule has 0 atom stereocenters. The Morgan fingerprint density at radius 1 is 0.889 bits per heavy atom. The van der Waals surface area contributed by atoms with E-state index >= 15 is 0 Å². The van der Waals surface area contributed by atoms with Crippen molar-refractivity contribution in [1.29, 1.82) is 0 Å². The lowest BCUT2D eigenvalue weighted by Gasteiger charge is -1.98. The van der Waals surface area contributed by atoms with Gasteiger partial charge in [-0.05, 0) is 31.2 Å². The Balaban J connectivity index is 2.28. The van der Waals surface area contributed by atoms with Gasteiger partial charge in [-0.2, -0.15) is 8.42 Å². The van der Waals surface area contributed by atoms with Gasteiger partial charge in [-0.3, -0.25) is 0 Å². The third-order valence-corrected chi connectivity index (χ3v) is 3.50. The number of hydrogen-bond donors (Lipinski definition) is 0. The molecule has 0 unspecified atom stereocenters. The summed E-state index contributed by atoms with van der Waals surface area (Å²) in [4.78, 5) is 0.146. The molecule has 0 saturated carbocycles. The van der Waals surface area contributed by atoms with E-state index in [2.05, 4.69) is 9.63 Å². The van der Waals surface area contributed by atoms with Crippen molar-refractivity contribution >= 4 is 15.7 Å². The van der Waals surface area contributed by atoms with Crippen LogP contribution in [0.5, 0.6) is 0 Å². The predicted octanol–water partition coefficient (Wildman–Crippen LogP) is 3.47. The minimum absolute atomic E-state index is 0.146. The van der Waals surface area contributed by atoms with Gasteiger partial charge in [-0.25, -0.2) is 0 Å². The summed E-state index contributed by atoms with van der Waals surface area (Å²) < 4.78 is 27.1. The van der Waals surface area contributed by atoms with E-state index in [0.29, 0.717) is 5.69 Å². The van der Waals surface area contributed by atoms with Crippen molar-refractivity contribution < 1.29 is 8.42 Å². The molecule has 2 rings (SSSR count). The summed E-state index contributed by atoms with van der Waals surface area (Å²) >= 11 is 0. The number of sulfonamides is 1. The first-order valence-corrected chi connectivity index (χ1v) is 6.82. The van der Waals surface area contributed by atoms with Crippen molar-refractivity contribution in [2.45, 2.75) is 11.8 Å². The highest BCUT2D eigenvalue weighted by atomic mass is 32.2. The van der Waals surface area contributed by atoms with Crippen molar-refractivity contribution in [1.82, 2.24) is 0 Å². The molecule has 2 aromatic carbocycles. The van der Waals surface area contributed by atoms with Crippen LogP contribution in [0.2, 0.25) is 0 Å². The lowest BCUT2D eigenvalue weighted by Crippen LogP contribution is -1.95. The van der Waals surface area contributed by atoms with Gasteiger partial charge in [0.25, 0.3) is 10.0 Å². The highest BCUT2D eigenvalue weighted by molar-refractivity contribution is 7.90. The van der Waals surface area contributed by atoms with Crippen molar-refractivity contribution in [3.63, 3.8) is 0 Å². The molecule has 92 valence electrons. The molecule has 0 aliphatic rings. The fourth-order valence-electron chi connectivity index (χ4n) is 1.35. The van der Waals surface area contributed by atoms with Crippen molar-refractivity contribution in [2.75, 3.05) is 0 Å². The molecule has 0 spiro atoms. The Morgan fingerprint density at radius 2 is 1.50 bits per heavy atom. The van der Waals surface area contributed by atoms with E-state index in [1.54, 1.807) is 36.4 Å². The van der Waals surface area contributed by atoms with Gasteiger partial charge in [0.15, 0.2) is 0 Å². The fraction of sp³-hybridized carbons (Fsp3) is 0.0769. The smallest absolute Gasteiger partial charge is 0.198 e. The Kier molecular flexibility index (Phi) is 3.53. The van der Waals surface area contributed by atoms with Crippen LogP contribution in [0.25, 0.3) is 0 Å². The molecule has 0 heterocycles. The minimum atomic E-state index is -3.72. The summed E-state index contributed by atoms with van der Waals surface area (Å²) in [5, 5.41) is 3.71. The molecular weight excluding hydrogens is 248 g/mol. The molecule has 0 N–H and O–H groups in total. The number of hydrogen-bond acceptors (Lipinski definition) is 3. The Hall–Kier alpha value is -2.01. The fourth-order valence-corrected chi connectivity index (χ4v) is 2.13. The van der Waals surface area contributed by atoms with Crippen LogP contribution in [0.1, 0.15) is 5.56 Å². The van der Waals surface area contributed by atoms with E-state index in [9.17, 15) is 8.42 Å². The number of benzene rings is 2. The second-order valence-electron chi connectivity index (χ2n) is 3.81. The topological polar surface area (TPSA) is 58.9 Å². The zero-order chi connectivity index (χ0) is 13.0. The third-order valence-electron chi connectivity index (χ3n) is 2.34. The molecule has 18 heavy (non-hydrogen) atoms. The normalized spacial score (nSPS) is 11.8. The van der Waals surface area contributed by atoms with Crippen molar-refractivity contribution in [2.24, 2.45) is 9.63 Å². The molecule has 4 nitrogen and oxygen atoms in total. The van der Waals surface area contributed by atoms with Gasteiger partial charge in [-0.1, -0.05) is 40.4 Å². The molecule has 0 bridgehead atoms. The Labute approximate surface area is 106 Å². The predicted molar refractivity (Wildman–Crippen MR) is 69.3 cm³/mol. The molecule has 2 aromatic rings. The highest BCUT2D eigenvalue weighted by Gasteiger charge is 2.11. The van der Waals surface area contributed by atoms with E-state index in [1.165, 1.54) is 12.1 Å². The van der Waals surface area contributed by atoms with E-state index in [-0.39, 0.29) is 4.90 Å². The van der Waals surface area contributed by atoms with Crippen LogP contribution in [0, 0.1) is 6.92 Å². The van der Waals surface area contributed by atoms with Crippen LogP contribution in [0.15, 0.2) is 69.1 Å². The van der Waals surface area contributed by atoms with Gasteiger partial charge >= 0.3 is 0 Å². The van der Waals surface area contributed by atoms with Crippen LogP contribution in [-0.4, -0.2) is 8.42 Å². The number of aryl methyl sites for hydroxylation is 1. The van der Waals surface area contributed by atoms with E-state index in [0.717, 1.165) is 5.56 Å². The average molecular weight is 260 g/mol. The lowest BCUT2D eigenvalue weighted by molar-refractivity contribution is 0.595. The summed E-state index contributed by atoms with van der Waals surface area (Å²) in [5.74, 6) is 0. The molecular formula is C13H12N2O2S. The zero-order valence-corrected chi connectivity index (χ0v) is 10.6. The summed E-state index contributed by atoms with van der Waals surface area (Å²) in [7, 11) is -3.72. The van der Waals surface area contributed by atoms with Crippen LogP contribution in [0.3, 0.4) is 0 Å². The molecule has 0 amide bonds. The molecule has 5 heteroatoms. The van der Waals surface area contributed by atoms with E-state index in [1.807, 2.05) is 13.0 Å². The first-order chi connectivity index (χ1) is 8.58. The Morgan fingerprint density at radius 3 is 2.11 bits per heavy atom. The molecule has 0 aliphatic heterocycles. The second-order valence-corrected chi connectivity index (χ2v) is 5.39. The molecule has 0 aliphatic carbocycles. The maximum atomic E-state index is 11.9. The van der Waals surface area contributed by atoms with Crippen LogP contribution in [0.4, 0.5) is 5.69 Å². The standard InChI is InChI=1S/C13H12N2O2S/c1-11-7-9-13(10-8-11)18(16,17)15-14-12-5-3-2-4-6-12/h2-10H,1H3. The van der Waals surface area contributed by atoms with Gasteiger partial charge in [0.1, 0.15) is 0 Å². The summed E-state index contributed by atoms with van der Waals surface area (Å²) in [6, 6.07) is 15.2. The van der Waals surface area contributed by atoms with Gasteiger partial charge in [0.2, 0.25) is 0 Å². The Bertz CT molecular complexity index is 647. The maximum Gasteiger partial charge on any atom is 0.299 e. The molecule has 0 saturated heterocycles. The monoisotopic (exact) mass is 260 g/mol. The van der Waals surface area contributed by atoms with E-state index < -0.39 is 10.0 Å². The van der Waals surface area contributed by atoms with Crippen molar-refractivity contribution in [3.8, 4) is 0 Å². The molecule has 0 radical (unpaired) electrons. The summed E-state index contributed by atoms with van der Waals surface area (Å²) in [6.07, 6.45) is 0. The van der Waals surface area contributed by atoms with Gasteiger partial charge in [0, 0.05) is 0 Å². The van der Waals surface area contributed by atoms with Crippen LogP contribution < -0.4 is 0 Å². The van der Waals surface area contributed by atoms with Gasteiger partial charge < -0.3 is 0 Å². The third kappa shape index (κ3) is 3.01. The minimum Gasteiger partial charge on any atom is -0.198 e. The highest BCUT2D eigenvalue weighted by Crippen LogP contribution is 2.17. The number of nitrogens with zero attached hydrogens (tertiary/aromatic N) is 2. The quantitative estimate of drug-likeness (QED) is 0.793. The van der Waals surface area contributed by atoms with Crippen LogP contribution in [-0.2, 0) is 10.0 Å². The SMILES string of the molecule is Cc1ccc(S(=O)(=O)N=Nc2ccccc2)cc1. The molecule has 0 fully saturated rings. The van der Waals surface area contributed by atoms with Crippen LogP contribution >= 0.6 is 0 Å². The van der Waals surface area contributed by atoms with Gasteiger partial charge in [0.05, 0.1) is 10.6 Å². The lowest BCUT2D eigenvalue weighted by atomic mass is 10.2. The number of rotatable bonds is 3. The van der Waals surface area contributed by atoms with Gasteiger partial charge in [-0.15, -0.1) is 5.11 Å². The first kappa shape index (κ1) is 12.4. The molecule has 0 aromatic heterocycles. The summed E-state index contributed by atoms with van der Waals surface area (Å²) in [5.41, 5.74) is 1.50. The largest absolute Gasteiger partial charge is 0.299 e. The second kappa shape index (κ2) is 5.10.